The van der Waals surface area contributed by atoms with Crippen LogP contribution in [0.5, 0.6) is 5.75 Å². The lowest BCUT2D eigenvalue weighted by Crippen LogP contribution is -2.58. The largest absolute Gasteiger partial charge is 0.508 e. The number of carbonyl (C=O) groups is 2. The molecule has 2 amide bonds. The van der Waals surface area contributed by atoms with Gasteiger partial charge in [-0.1, -0.05) is 60.7 Å². The van der Waals surface area contributed by atoms with E-state index in [-0.39, 0.29) is 17.7 Å². The molecule has 34 heavy (non-hydrogen) atoms. The maximum absolute atomic E-state index is 13.3. The van der Waals surface area contributed by atoms with Gasteiger partial charge in [-0.3, -0.25) is 9.69 Å². The summed E-state index contributed by atoms with van der Waals surface area (Å²) in [6.07, 6.45) is 0.742. The lowest BCUT2D eigenvalue weighted by molar-refractivity contribution is -0.0551. The van der Waals surface area contributed by atoms with Crippen molar-refractivity contribution in [2.24, 2.45) is 0 Å². The Balaban J connectivity index is 1.46. The molecule has 0 aliphatic carbocycles. The van der Waals surface area contributed by atoms with Gasteiger partial charge in [0, 0.05) is 31.5 Å². The average molecular weight is 457 g/mol. The van der Waals surface area contributed by atoms with Crippen molar-refractivity contribution in [3.63, 3.8) is 0 Å². The summed E-state index contributed by atoms with van der Waals surface area (Å²) in [6, 6.07) is 26.2. The van der Waals surface area contributed by atoms with E-state index in [1.807, 2.05) is 77.7 Å². The number of amides is 2. The number of phenols is 1. The topological polar surface area (TPSA) is 70.1 Å². The van der Waals surface area contributed by atoms with Crippen LogP contribution in [-0.4, -0.2) is 45.6 Å². The van der Waals surface area contributed by atoms with Crippen molar-refractivity contribution in [3.8, 4) is 5.75 Å². The van der Waals surface area contributed by atoms with Gasteiger partial charge in [0.25, 0.3) is 5.91 Å². The summed E-state index contributed by atoms with van der Waals surface area (Å²) in [5.74, 6) is 0.188. The van der Waals surface area contributed by atoms with Crippen molar-refractivity contribution in [3.05, 3.63) is 102 Å². The fourth-order valence-corrected chi connectivity index (χ4v) is 5.36. The monoisotopic (exact) mass is 456 g/mol. The summed E-state index contributed by atoms with van der Waals surface area (Å²) in [6.45, 7) is 3.45. The third-order valence-electron chi connectivity index (χ3n) is 7.42. The fraction of sp³-hybridized carbons (Fsp3) is 0.286. The van der Waals surface area contributed by atoms with Crippen LogP contribution < -0.4 is 0 Å². The molecule has 1 atom stereocenters. The molecule has 1 unspecified atom stereocenters. The summed E-state index contributed by atoms with van der Waals surface area (Å²) >= 11 is 0. The number of carbonyl (C=O) groups excluding carboxylic acids is 2. The van der Waals surface area contributed by atoms with Gasteiger partial charge in [-0.05, 0) is 42.3 Å². The SMILES string of the molecule is CC1(c2ccccc2)N(Cc2ccc(O)cc2)C(=O)OC12CCN(C(=O)c1ccccc1)CC2. The van der Waals surface area contributed by atoms with Gasteiger partial charge in [0.15, 0.2) is 0 Å². The number of phenolic OH excluding ortho intramolecular Hbond substituents is 1. The van der Waals surface area contributed by atoms with Crippen molar-refractivity contribution in [2.45, 2.75) is 37.5 Å². The predicted molar refractivity (Wildman–Crippen MR) is 128 cm³/mol. The van der Waals surface area contributed by atoms with Crippen molar-refractivity contribution in [2.75, 3.05) is 13.1 Å². The molecule has 0 bridgehead atoms. The maximum atomic E-state index is 13.3. The molecular weight excluding hydrogens is 428 g/mol. The summed E-state index contributed by atoms with van der Waals surface area (Å²) < 4.78 is 6.20. The first-order chi connectivity index (χ1) is 16.4. The van der Waals surface area contributed by atoms with E-state index in [9.17, 15) is 14.7 Å². The van der Waals surface area contributed by atoms with Crippen LogP contribution in [0.25, 0.3) is 0 Å². The quantitative estimate of drug-likeness (QED) is 0.604. The van der Waals surface area contributed by atoms with Crippen molar-refractivity contribution in [1.82, 2.24) is 9.80 Å². The Morgan fingerprint density at radius 2 is 1.50 bits per heavy atom. The summed E-state index contributed by atoms with van der Waals surface area (Å²) in [5, 5.41) is 9.66. The van der Waals surface area contributed by atoms with Gasteiger partial charge < -0.3 is 14.7 Å². The number of hydrogen-bond acceptors (Lipinski definition) is 4. The van der Waals surface area contributed by atoms with Crippen LogP contribution in [0.1, 0.15) is 41.3 Å². The number of aromatic hydroxyl groups is 1. The van der Waals surface area contributed by atoms with E-state index in [1.54, 1.807) is 17.0 Å². The van der Waals surface area contributed by atoms with E-state index < -0.39 is 11.1 Å². The lowest BCUT2D eigenvalue weighted by atomic mass is 9.70. The Morgan fingerprint density at radius 1 is 0.912 bits per heavy atom. The molecule has 2 heterocycles. The minimum atomic E-state index is -0.754. The number of nitrogens with zero attached hydrogens (tertiary/aromatic N) is 2. The zero-order valence-electron chi connectivity index (χ0n) is 19.2. The third kappa shape index (κ3) is 3.59. The molecule has 6 heteroatoms. The van der Waals surface area contributed by atoms with E-state index in [4.69, 9.17) is 4.74 Å². The summed E-state index contributed by atoms with van der Waals surface area (Å²) in [7, 11) is 0. The van der Waals surface area contributed by atoms with Crippen molar-refractivity contribution < 1.29 is 19.4 Å². The molecule has 5 rings (SSSR count). The van der Waals surface area contributed by atoms with Gasteiger partial charge in [0.2, 0.25) is 0 Å². The number of rotatable bonds is 4. The second-order valence-electron chi connectivity index (χ2n) is 9.21. The molecule has 2 aliphatic rings. The van der Waals surface area contributed by atoms with E-state index >= 15 is 0 Å². The first-order valence-corrected chi connectivity index (χ1v) is 11.6. The number of likely N-dealkylation sites (tertiary alicyclic amines) is 1. The molecule has 174 valence electrons. The van der Waals surface area contributed by atoms with Gasteiger partial charge in [-0.15, -0.1) is 0 Å². The average Bonchev–Trinajstić information content (AvgIpc) is 3.08. The normalized spacial score (nSPS) is 21.5. The predicted octanol–water partition coefficient (Wildman–Crippen LogP) is 4.93. The third-order valence-corrected chi connectivity index (χ3v) is 7.42. The molecule has 0 radical (unpaired) electrons. The smallest absolute Gasteiger partial charge is 0.411 e. The number of hydrogen-bond donors (Lipinski definition) is 1. The van der Waals surface area contributed by atoms with E-state index in [0.717, 1.165) is 11.1 Å². The minimum absolute atomic E-state index is 0.00198. The van der Waals surface area contributed by atoms with Gasteiger partial charge in [0.05, 0.1) is 6.54 Å². The van der Waals surface area contributed by atoms with E-state index in [0.29, 0.717) is 38.0 Å². The van der Waals surface area contributed by atoms with Crippen molar-refractivity contribution >= 4 is 12.0 Å². The zero-order valence-corrected chi connectivity index (χ0v) is 19.2. The highest BCUT2D eigenvalue weighted by Gasteiger charge is 2.63. The fourth-order valence-electron chi connectivity index (χ4n) is 5.36. The van der Waals surface area contributed by atoms with Gasteiger partial charge in [-0.2, -0.15) is 0 Å². The van der Waals surface area contributed by atoms with Crippen LogP contribution in [0.15, 0.2) is 84.9 Å². The highest BCUT2D eigenvalue weighted by molar-refractivity contribution is 5.94. The molecular formula is C28H28N2O4. The van der Waals surface area contributed by atoms with Gasteiger partial charge in [-0.25, -0.2) is 4.79 Å². The first kappa shape index (κ1) is 22.0. The van der Waals surface area contributed by atoms with E-state index in [2.05, 4.69) is 6.92 Å². The molecule has 2 fully saturated rings. The number of piperidine rings is 1. The number of benzene rings is 3. The molecule has 1 spiro atoms. The second kappa shape index (κ2) is 8.52. The Labute approximate surface area is 199 Å². The molecule has 3 aromatic carbocycles. The minimum Gasteiger partial charge on any atom is -0.508 e. The van der Waals surface area contributed by atoms with Crippen LogP contribution >= 0.6 is 0 Å². The highest BCUT2D eigenvalue weighted by Crippen LogP contribution is 2.52. The number of ether oxygens (including phenoxy) is 1. The molecule has 0 aromatic heterocycles. The molecule has 3 aromatic rings. The Morgan fingerprint density at radius 3 is 2.12 bits per heavy atom. The van der Waals surface area contributed by atoms with Crippen LogP contribution in [0.3, 0.4) is 0 Å². The summed E-state index contributed by atoms with van der Waals surface area (Å²) in [5.41, 5.74) is 1.11. The van der Waals surface area contributed by atoms with Crippen molar-refractivity contribution in [1.29, 1.82) is 0 Å². The Hall–Kier alpha value is -3.80. The first-order valence-electron chi connectivity index (χ1n) is 11.6. The van der Waals surface area contributed by atoms with E-state index in [1.165, 1.54) is 0 Å². The summed E-state index contributed by atoms with van der Waals surface area (Å²) in [4.78, 5) is 30.0. The zero-order chi connectivity index (χ0) is 23.8. The highest BCUT2D eigenvalue weighted by atomic mass is 16.6. The molecule has 0 saturated carbocycles. The van der Waals surface area contributed by atoms with Crippen LogP contribution in [0.4, 0.5) is 4.79 Å². The van der Waals surface area contributed by atoms with Crippen LogP contribution in [-0.2, 0) is 16.8 Å². The standard InChI is InChI=1S/C28H28N2O4/c1-27(23-10-6-3-7-11-23)28(34-26(33)30(27)20-21-12-14-24(31)15-13-21)16-18-29(19-17-28)25(32)22-8-4-2-5-9-22/h2-15,31H,16-20H2,1H3. The second-order valence-corrected chi connectivity index (χ2v) is 9.21. The van der Waals surface area contributed by atoms with Gasteiger partial charge in [0.1, 0.15) is 16.9 Å². The Kier molecular flexibility index (Phi) is 5.52. The lowest BCUT2D eigenvalue weighted by Gasteiger charge is -2.48. The van der Waals surface area contributed by atoms with Gasteiger partial charge >= 0.3 is 6.09 Å². The molecule has 1 N–H and O–H groups in total. The molecule has 6 nitrogen and oxygen atoms in total. The van der Waals surface area contributed by atoms with Crippen LogP contribution in [0.2, 0.25) is 0 Å². The maximum Gasteiger partial charge on any atom is 0.411 e. The Bertz CT molecular complexity index is 1170. The molecule has 2 aliphatic heterocycles. The van der Waals surface area contributed by atoms with Crippen LogP contribution in [0, 0.1) is 0 Å². The molecule has 2 saturated heterocycles.